The lowest BCUT2D eigenvalue weighted by molar-refractivity contribution is -0.134. The van der Waals surface area contributed by atoms with Gasteiger partial charge in [0.1, 0.15) is 6.67 Å². The molecular weight excluding hydrogens is 547 g/mol. The number of amides is 1. The monoisotopic (exact) mass is 589 g/mol. The average Bonchev–Trinajstić information content (AvgIpc) is 3.64. The van der Waals surface area contributed by atoms with E-state index < -0.39 is 23.8 Å². The molecule has 1 aromatic heterocycles. The van der Waals surface area contributed by atoms with Crippen molar-refractivity contribution < 1.29 is 17.5 Å². The molecule has 3 aliphatic carbocycles. The van der Waals surface area contributed by atoms with Crippen molar-refractivity contribution in [3.63, 3.8) is 0 Å². The Balaban J connectivity index is 0.000000423. The molecule has 0 spiro atoms. The number of halogens is 3. The molecule has 1 aromatic rings. The Hall–Kier alpha value is -2.33. The Bertz CT molecular complexity index is 1090. The van der Waals surface area contributed by atoms with Gasteiger partial charge in [0.25, 0.3) is 5.00 Å². The van der Waals surface area contributed by atoms with Crippen LogP contribution in [0, 0.1) is 23.7 Å². The number of carbonyl (C=O) groups is 1. The summed E-state index contributed by atoms with van der Waals surface area (Å²) in [7, 11) is 0. The molecule has 6 nitrogen and oxygen atoms in total. The van der Waals surface area contributed by atoms with Crippen LogP contribution in [0.3, 0.4) is 0 Å². The molecule has 4 fully saturated rings. The Morgan fingerprint density at radius 1 is 1.07 bits per heavy atom. The first kappa shape index (κ1) is 30.1. The van der Waals surface area contributed by atoms with Crippen molar-refractivity contribution >= 4 is 24.0 Å². The van der Waals surface area contributed by atoms with Crippen molar-refractivity contribution in [2.45, 2.75) is 69.0 Å². The van der Waals surface area contributed by atoms with Crippen LogP contribution < -0.4 is 5.32 Å². The van der Waals surface area contributed by atoms with E-state index in [2.05, 4.69) is 51.4 Å². The number of nitrogens with zero attached hydrogens (tertiary/aromatic N) is 4. The fourth-order valence-corrected chi connectivity index (χ4v) is 7.04. The normalized spacial score (nSPS) is 32.3. The number of hydrogen-bond donors (Lipinski definition) is 1. The van der Waals surface area contributed by atoms with Crippen LogP contribution in [-0.4, -0.2) is 70.6 Å². The minimum absolute atomic E-state index is 0.0790. The van der Waals surface area contributed by atoms with E-state index in [0.717, 1.165) is 44.8 Å². The van der Waals surface area contributed by atoms with Gasteiger partial charge in [-0.1, -0.05) is 43.4 Å². The average molecular weight is 590 g/mol. The van der Waals surface area contributed by atoms with Crippen LogP contribution in [0.25, 0.3) is 0 Å². The van der Waals surface area contributed by atoms with E-state index in [1.54, 1.807) is 0 Å². The second-order valence-corrected chi connectivity index (χ2v) is 13.0. The van der Waals surface area contributed by atoms with Crippen LogP contribution in [0.2, 0.25) is 0 Å². The number of carbonyl (C=O) groups excluding carboxylic acids is 1. The fraction of sp³-hybridized carbons (Fsp3) is 0.645. The summed E-state index contributed by atoms with van der Waals surface area (Å²) in [4.78, 5) is 25.9. The minimum atomic E-state index is -2.83. The first-order valence-corrected chi connectivity index (χ1v) is 15.8. The SMILES string of the molecule is C1=CC=CCC=C1.CC1CCC(N2CC3C(C2)C3C(=O)N2CCCC(Nc3nccc(C(F)(CF)SF)n3)C2)CC1. The van der Waals surface area contributed by atoms with Gasteiger partial charge in [-0.25, -0.2) is 18.7 Å². The third-order valence-electron chi connectivity index (χ3n) is 9.29. The number of alkyl halides is 2. The Labute approximate surface area is 246 Å². The maximum absolute atomic E-state index is 14.3. The molecule has 2 aliphatic heterocycles. The summed E-state index contributed by atoms with van der Waals surface area (Å²) in [5.74, 6) is 2.37. The van der Waals surface area contributed by atoms with E-state index in [9.17, 15) is 17.5 Å². The molecule has 0 radical (unpaired) electrons. The van der Waals surface area contributed by atoms with Gasteiger partial charge in [-0.3, -0.25) is 9.69 Å². The second kappa shape index (κ2) is 13.8. The van der Waals surface area contributed by atoms with E-state index in [-0.39, 0.29) is 29.5 Å². The number of likely N-dealkylation sites (tertiary alicyclic amines) is 2. The highest BCUT2D eigenvalue weighted by Gasteiger charge is 2.61. The van der Waals surface area contributed by atoms with Gasteiger partial charge in [0.2, 0.25) is 11.9 Å². The Morgan fingerprint density at radius 2 is 1.78 bits per heavy atom. The van der Waals surface area contributed by atoms with Crippen molar-refractivity contribution in [3.8, 4) is 0 Å². The summed E-state index contributed by atoms with van der Waals surface area (Å²) in [5, 5.41) is 0.313. The summed E-state index contributed by atoms with van der Waals surface area (Å²) in [6.45, 7) is 4.22. The molecule has 4 atom stereocenters. The number of fused-ring (bicyclic) bond motifs is 1. The highest BCUT2D eigenvalue weighted by Crippen LogP contribution is 2.54. The molecule has 1 N–H and O–H groups in total. The van der Waals surface area contributed by atoms with Crippen LogP contribution in [0.1, 0.15) is 57.6 Å². The molecule has 0 aromatic carbocycles. The number of allylic oxidation sites excluding steroid dienone is 6. The van der Waals surface area contributed by atoms with Gasteiger partial charge in [0.05, 0.1) is 17.8 Å². The highest BCUT2D eigenvalue weighted by atomic mass is 32.2. The number of anilines is 1. The quantitative estimate of drug-likeness (QED) is 0.397. The molecule has 2 saturated carbocycles. The first-order valence-electron chi connectivity index (χ1n) is 15.1. The van der Waals surface area contributed by atoms with Crippen molar-refractivity contribution in [3.05, 3.63) is 54.4 Å². The van der Waals surface area contributed by atoms with Crippen LogP contribution >= 0.6 is 12.1 Å². The van der Waals surface area contributed by atoms with Gasteiger partial charge in [-0.05, 0) is 68.8 Å². The maximum Gasteiger partial charge on any atom is 0.256 e. The lowest BCUT2D eigenvalue weighted by Gasteiger charge is -2.36. The Morgan fingerprint density at radius 3 is 2.44 bits per heavy atom. The smallest absolute Gasteiger partial charge is 0.256 e. The number of nitrogens with one attached hydrogen (secondary N) is 1. The van der Waals surface area contributed by atoms with Gasteiger partial charge in [-0.15, -0.1) is 0 Å². The number of hydrogen-bond acceptors (Lipinski definition) is 6. The van der Waals surface area contributed by atoms with Crippen LogP contribution in [0.4, 0.5) is 18.6 Å². The first-order chi connectivity index (χ1) is 19.9. The zero-order chi connectivity index (χ0) is 28.8. The minimum Gasteiger partial charge on any atom is -0.350 e. The van der Waals surface area contributed by atoms with Gasteiger partial charge >= 0.3 is 0 Å². The van der Waals surface area contributed by atoms with E-state index >= 15 is 0 Å². The molecule has 3 heterocycles. The predicted octanol–water partition coefficient (Wildman–Crippen LogP) is 6.40. The maximum atomic E-state index is 14.3. The number of aromatic nitrogens is 2. The highest BCUT2D eigenvalue weighted by molar-refractivity contribution is 7.95. The molecule has 41 heavy (non-hydrogen) atoms. The lowest BCUT2D eigenvalue weighted by atomic mass is 9.86. The van der Waals surface area contributed by atoms with Gasteiger partial charge in [0.15, 0.2) is 0 Å². The van der Waals surface area contributed by atoms with Gasteiger partial charge < -0.3 is 10.2 Å². The lowest BCUT2D eigenvalue weighted by Crippen LogP contribution is -2.47. The molecular formula is C31H42F3N5OS. The molecule has 224 valence electrons. The number of piperidine rings is 2. The molecule has 0 bridgehead atoms. The van der Waals surface area contributed by atoms with Crippen molar-refractivity contribution in [2.75, 3.05) is 38.2 Å². The van der Waals surface area contributed by atoms with Gasteiger partial charge in [-0.2, -0.15) is 3.89 Å². The standard InChI is InChI=1S/C24H34F3N5OS.C7H8/c1-15-4-6-17(7-5-15)32-12-18-19(13-32)21(18)22(33)31-10-2-3-16(11-31)29-23-28-9-8-20(30-23)24(26,14-25)34-27;1-2-4-6-7-5-3-1/h8-9,15-19,21H,2-7,10-14H2,1H3,(H,28,29,30);1-6H,7H2. The largest absolute Gasteiger partial charge is 0.350 e. The van der Waals surface area contributed by atoms with Crippen molar-refractivity contribution in [1.29, 1.82) is 0 Å². The molecule has 4 unspecified atom stereocenters. The van der Waals surface area contributed by atoms with E-state index in [0.29, 0.717) is 24.4 Å². The van der Waals surface area contributed by atoms with Crippen LogP contribution in [0.5, 0.6) is 0 Å². The molecule has 2 saturated heterocycles. The summed E-state index contributed by atoms with van der Waals surface area (Å²) in [6, 6.07) is 1.80. The summed E-state index contributed by atoms with van der Waals surface area (Å²) < 4.78 is 40.3. The molecule has 5 aliphatic rings. The zero-order valence-electron chi connectivity index (χ0n) is 23.8. The second-order valence-electron chi connectivity index (χ2n) is 12.2. The number of rotatable bonds is 7. The summed E-state index contributed by atoms with van der Waals surface area (Å²) >= 11 is -0.704. The third-order valence-corrected chi connectivity index (χ3v) is 9.85. The van der Waals surface area contributed by atoms with E-state index in [1.165, 1.54) is 37.9 Å². The fourth-order valence-electron chi connectivity index (χ4n) is 6.81. The van der Waals surface area contributed by atoms with Crippen LogP contribution in [0.15, 0.2) is 48.7 Å². The van der Waals surface area contributed by atoms with Crippen molar-refractivity contribution in [1.82, 2.24) is 19.8 Å². The van der Waals surface area contributed by atoms with Gasteiger partial charge in [0, 0.05) is 50.4 Å². The van der Waals surface area contributed by atoms with Crippen LogP contribution in [-0.2, 0) is 9.80 Å². The van der Waals surface area contributed by atoms with E-state index in [1.807, 2.05) is 17.1 Å². The van der Waals surface area contributed by atoms with Crippen molar-refractivity contribution in [2.24, 2.45) is 23.7 Å². The summed E-state index contributed by atoms with van der Waals surface area (Å²) in [6.07, 6.45) is 21.7. The van der Waals surface area contributed by atoms with E-state index in [4.69, 9.17) is 0 Å². The third kappa shape index (κ3) is 7.37. The molecule has 10 heteroatoms. The molecule has 1 amide bonds. The zero-order valence-corrected chi connectivity index (χ0v) is 24.6. The Kier molecular flexibility index (Phi) is 10.1. The summed E-state index contributed by atoms with van der Waals surface area (Å²) in [5.41, 5.74) is -0.341. The molecule has 6 rings (SSSR count). The topological polar surface area (TPSA) is 61.4 Å². The predicted molar refractivity (Wildman–Crippen MR) is 158 cm³/mol.